The van der Waals surface area contributed by atoms with Crippen LogP contribution in [0.5, 0.6) is 23.0 Å². The fraction of sp³-hybridized carbons (Fsp3) is 0.194. The maximum atomic E-state index is 12.5. The zero-order valence-corrected chi connectivity index (χ0v) is 22.1. The quantitative estimate of drug-likeness (QED) is 0.126. The lowest BCUT2D eigenvalue weighted by Gasteiger charge is -2.26. The molecule has 196 valence electrons. The van der Waals surface area contributed by atoms with Gasteiger partial charge in [0.1, 0.15) is 5.76 Å². The van der Waals surface area contributed by atoms with Crippen LogP contribution in [0.25, 0.3) is 11.1 Å². The first-order valence-electron chi connectivity index (χ1n) is 11.8. The fourth-order valence-corrected chi connectivity index (χ4v) is 3.61. The molecule has 38 heavy (non-hydrogen) atoms. The molecule has 0 aromatic heterocycles. The number of rotatable bonds is 9. The third kappa shape index (κ3) is 5.83. The summed E-state index contributed by atoms with van der Waals surface area (Å²) in [5.74, 6) is -0.818. The highest BCUT2D eigenvalue weighted by atomic mass is 16.6. The topological polar surface area (TPSA) is 88.1 Å². The van der Waals surface area contributed by atoms with Crippen LogP contribution in [-0.4, -0.2) is 17.9 Å². The number of fused-ring (bicyclic) bond motifs is 3. The number of benzene rings is 2. The van der Waals surface area contributed by atoms with Gasteiger partial charge in [-0.1, -0.05) is 45.0 Å². The zero-order chi connectivity index (χ0) is 28.3. The van der Waals surface area contributed by atoms with E-state index in [0.717, 1.165) is 16.7 Å². The van der Waals surface area contributed by atoms with Gasteiger partial charge in [0.15, 0.2) is 23.0 Å². The van der Waals surface area contributed by atoms with Crippen molar-refractivity contribution in [2.45, 2.75) is 40.5 Å². The Balaban J connectivity index is 2.21. The fourth-order valence-electron chi connectivity index (χ4n) is 3.61. The SMILES string of the molecule is C=C(C)C(=C)Oc1c(OC(=O)C(=C)C)ccc2c1CCc1c-2ccc(OC(=O)C(=C)C)c1OC(=O)C(=C)C. The van der Waals surface area contributed by atoms with Crippen molar-refractivity contribution in [1.29, 1.82) is 0 Å². The molecular weight excluding hydrogens is 484 g/mol. The summed E-state index contributed by atoms with van der Waals surface area (Å²) in [6.07, 6.45) is 0.822. The van der Waals surface area contributed by atoms with Crippen molar-refractivity contribution in [3.63, 3.8) is 0 Å². The largest absolute Gasteiger partial charge is 0.453 e. The first-order valence-corrected chi connectivity index (χ1v) is 11.8. The average Bonchev–Trinajstić information content (AvgIpc) is 2.85. The molecule has 0 bridgehead atoms. The molecule has 0 radical (unpaired) electrons. The standard InChI is InChI=1S/C31H30O7/c1-16(2)20(9)35-27-23-10-11-24-22(21(23)12-14-25(27)36-29(32)17(3)4)13-15-26(37-30(33)18(5)6)28(24)38-31(34)19(7)8/h12-15H,1,3,5,7,9-11H2,2,4,6,8H3. The number of carbonyl (C=O) groups is 3. The minimum Gasteiger partial charge on any atom is -0.453 e. The highest BCUT2D eigenvalue weighted by Crippen LogP contribution is 2.48. The Morgan fingerprint density at radius 3 is 1.29 bits per heavy atom. The van der Waals surface area contributed by atoms with Crippen LogP contribution >= 0.6 is 0 Å². The average molecular weight is 515 g/mol. The van der Waals surface area contributed by atoms with Crippen LogP contribution in [0.4, 0.5) is 0 Å². The van der Waals surface area contributed by atoms with Crippen LogP contribution in [0.15, 0.2) is 85.2 Å². The summed E-state index contributed by atoms with van der Waals surface area (Å²) < 4.78 is 22.7. The van der Waals surface area contributed by atoms with Gasteiger partial charge < -0.3 is 18.9 Å². The predicted octanol–water partition coefficient (Wildman–Crippen LogP) is 6.37. The van der Waals surface area contributed by atoms with Crippen LogP contribution < -0.4 is 18.9 Å². The summed E-state index contributed by atoms with van der Waals surface area (Å²) >= 11 is 0. The summed E-state index contributed by atoms with van der Waals surface area (Å²) in [6, 6.07) is 6.72. The second-order valence-electron chi connectivity index (χ2n) is 9.15. The highest BCUT2D eigenvalue weighted by Gasteiger charge is 2.29. The van der Waals surface area contributed by atoms with E-state index in [9.17, 15) is 14.4 Å². The zero-order valence-electron chi connectivity index (χ0n) is 22.1. The Bertz CT molecular complexity index is 1330. The Morgan fingerprint density at radius 1 is 0.553 bits per heavy atom. The van der Waals surface area contributed by atoms with Crippen molar-refractivity contribution in [2.24, 2.45) is 0 Å². The van der Waals surface area contributed by atoms with Gasteiger partial charge in [0.25, 0.3) is 0 Å². The molecular formula is C31H30O7. The van der Waals surface area contributed by atoms with E-state index in [1.54, 1.807) is 38.1 Å². The molecule has 0 N–H and O–H groups in total. The molecule has 0 saturated heterocycles. The maximum Gasteiger partial charge on any atom is 0.338 e. The minimum atomic E-state index is -0.652. The van der Waals surface area contributed by atoms with Gasteiger partial charge in [-0.15, -0.1) is 0 Å². The molecule has 0 aliphatic heterocycles. The Labute approximate surface area is 222 Å². The molecule has 0 saturated carbocycles. The van der Waals surface area contributed by atoms with Gasteiger partial charge in [-0.2, -0.15) is 0 Å². The Hall–Kier alpha value is -4.65. The van der Waals surface area contributed by atoms with E-state index in [-0.39, 0.29) is 34.0 Å². The van der Waals surface area contributed by atoms with E-state index in [2.05, 4.69) is 32.9 Å². The van der Waals surface area contributed by atoms with Gasteiger partial charge in [-0.3, -0.25) is 0 Å². The van der Waals surface area contributed by atoms with Crippen molar-refractivity contribution >= 4 is 17.9 Å². The molecule has 0 amide bonds. The van der Waals surface area contributed by atoms with Crippen LogP contribution in [0, 0.1) is 0 Å². The van der Waals surface area contributed by atoms with Gasteiger partial charge in [0, 0.05) is 27.8 Å². The van der Waals surface area contributed by atoms with Crippen molar-refractivity contribution in [3.8, 4) is 34.1 Å². The number of ether oxygens (including phenoxy) is 4. The van der Waals surface area contributed by atoms with E-state index in [1.807, 2.05) is 0 Å². The van der Waals surface area contributed by atoms with Crippen molar-refractivity contribution in [2.75, 3.05) is 0 Å². The van der Waals surface area contributed by atoms with Crippen molar-refractivity contribution < 1.29 is 33.3 Å². The second kappa shape index (κ2) is 11.2. The molecule has 0 heterocycles. The number of hydrogen-bond acceptors (Lipinski definition) is 7. The molecule has 0 fully saturated rings. The summed E-state index contributed by atoms with van der Waals surface area (Å²) in [6.45, 7) is 25.0. The van der Waals surface area contributed by atoms with Gasteiger partial charge in [0.05, 0.1) is 0 Å². The van der Waals surface area contributed by atoms with Gasteiger partial charge >= 0.3 is 17.9 Å². The molecule has 7 nitrogen and oxygen atoms in total. The van der Waals surface area contributed by atoms with Crippen LogP contribution in [0.1, 0.15) is 38.8 Å². The van der Waals surface area contributed by atoms with Gasteiger partial charge in [0.2, 0.25) is 0 Å². The number of allylic oxidation sites excluding steroid dienone is 1. The van der Waals surface area contributed by atoms with E-state index in [0.29, 0.717) is 35.5 Å². The molecule has 7 heteroatoms. The summed E-state index contributed by atoms with van der Waals surface area (Å²) in [5.41, 5.74) is 4.14. The van der Waals surface area contributed by atoms with E-state index in [1.165, 1.54) is 13.8 Å². The first kappa shape index (κ1) is 27.9. The number of hydrogen-bond donors (Lipinski definition) is 0. The van der Waals surface area contributed by atoms with E-state index < -0.39 is 17.9 Å². The lowest BCUT2D eigenvalue weighted by molar-refractivity contribution is -0.132. The molecule has 2 aromatic rings. The molecule has 3 rings (SSSR count). The van der Waals surface area contributed by atoms with Gasteiger partial charge in [-0.25, -0.2) is 14.4 Å². The molecule has 0 unspecified atom stereocenters. The summed E-state index contributed by atoms with van der Waals surface area (Å²) in [4.78, 5) is 37.1. The van der Waals surface area contributed by atoms with Crippen molar-refractivity contribution in [3.05, 3.63) is 96.3 Å². The number of esters is 3. The monoisotopic (exact) mass is 514 g/mol. The number of carbonyl (C=O) groups excluding carboxylic acids is 3. The van der Waals surface area contributed by atoms with E-state index in [4.69, 9.17) is 18.9 Å². The molecule has 0 spiro atoms. The van der Waals surface area contributed by atoms with Crippen LogP contribution in [-0.2, 0) is 27.2 Å². The molecule has 1 aliphatic rings. The smallest absolute Gasteiger partial charge is 0.338 e. The third-order valence-electron chi connectivity index (χ3n) is 5.71. The highest BCUT2D eigenvalue weighted by molar-refractivity contribution is 5.93. The second-order valence-corrected chi connectivity index (χ2v) is 9.15. The third-order valence-corrected chi connectivity index (χ3v) is 5.71. The molecule has 1 aliphatic carbocycles. The lowest BCUT2D eigenvalue weighted by Crippen LogP contribution is -2.17. The molecule has 0 atom stereocenters. The maximum absolute atomic E-state index is 12.5. The van der Waals surface area contributed by atoms with Crippen LogP contribution in [0.3, 0.4) is 0 Å². The predicted molar refractivity (Wildman–Crippen MR) is 145 cm³/mol. The summed E-state index contributed by atoms with van der Waals surface area (Å²) in [7, 11) is 0. The normalized spacial score (nSPS) is 11.3. The Morgan fingerprint density at radius 2 is 0.921 bits per heavy atom. The van der Waals surface area contributed by atoms with E-state index >= 15 is 0 Å². The van der Waals surface area contributed by atoms with Gasteiger partial charge in [-0.05, 0) is 69.4 Å². The Kier molecular flexibility index (Phi) is 8.21. The first-order chi connectivity index (χ1) is 17.8. The van der Waals surface area contributed by atoms with Crippen molar-refractivity contribution in [1.82, 2.24) is 0 Å². The van der Waals surface area contributed by atoms with Crippen LogP contribution in [0.2, 0.25) is 0 Å². The minimum absolute atomic E-state index is 0.0916. The lowest BCUT2D eigenvalue weighted by atomic mass is 9.84. The summed E-state index contributed by atoms with van der Waals surface area (Å²) in [5, 5.41) is 0. The molecule has 2 aromatic carbocycles.